The van der Waals surface area contributed by atoms with E-state index in [9.17, 15) is 4.79 Å². The highest BCUT2D eigenvalue weighted by molar-refractivity contribution is 14.0. The van der Waals surface area contributed by atoms with Gasteiger partial charge in [0.05, 0.1) is 0 Å². The molecular formula is C18H24ClIN6O. The molecule has 27 heavy (non-hydrogen) atoms. The van der Waals surface area contributed by atoms with Crippen LogP contribution in [0.2, 0.25) is 5.15 Å². The van der Waals surface area contributed by atoms with Crippen LogP contribution in [-0.4, -0.2) is 42.0 Å². The number of amides is 1. The number of anilines is 1. The monoisotopic (exact) mass is 502 g/mol. The summed E-state index contributed by atoms with van der Waals surface area (Å²) in [4.78, 5) is 24.3. The van der Waals surface area contributed by atoms with Gasteiger partial charge in [0.1, 0.15) is 11.0 Å². The van der Waals surface area contributed by atoms with Crippen LogP contribution < -0.4 is 16.0 Å². The Kier molecular flexibility index (Phi) is 10.6. The van der Waals surface area contributed by atoms with E-state index in [1.807, 2.05) is 19.1 Å². The van der Waals surface area contributed by atoms with Crippen molar-refractivity contribution in [2.45, 2.75) is 19.8 Å². The molecule has 2 aromatic heterocycles. The van der Waals surface area contributed by atoms with Crippen molar-refractivity contribution < 1.29 is 4.79 Å². The molecule has 7 nitrogen and oxygen atoms in total. The van der Waals surface area contributed by atoms with Crippen molar-refractivity contribution in [2.75, 3.05) is 25.5 Å². The van der Waals surface area contributed by atoms with Gasteiger partial charge in [-0.3, -0.25) is 9.79 Å². The molecular weight excluding hydrogens is 479 g/mol. The van der Waals surface area contributed by atoms with E-state index in [0.717, 1.165) is 17.5 Å². The van der Waals surface area contributed by atoms with Crippen LogP contribution >= 0.6 is 35.6 Å². The third-order valence-electron chi connectivity index (χ3n) is 3.54. The maximum atomic E-state index is 11.9. The molecule has 0 aliphatic heterocycles. The maximum Gasteiger partial charge on any atom is 0.227 e. The van der Waals surface area contributed by atoms with Gasteiger partial charge in [-0.2, -0.15) is 0 Å². The minimum Gasteiger partial charge on any atom is -0.356 e. The molecule has 0 saturated carbocycles. The van der Waals surface area contributed by atoms with E-state index < -0.39 is 0 Å². The average Bonchev–Trinajstić information content (AvgIpc) is 2.64. The molecule has 0 aliphatic rings. The summed E-state index contributed by atoms with van der Waals surface area (Å²) < 4.78 is 0. The first-order valence-corrected chi connectivity index (χ1v) is 8.72. The molecule has 1 amide bonds. The molecule has 146 valence electrons. The van der Waals surface area contributed by atoms with Crippen molar-refractivity contribution in [1.82, 2.24) is 20.6 Å². The van der Waals surface area contributed by atoms with Gasteiger partial charge in [-0.05, 0) is 36.6 Å². The average molecular weight is 503 g/mol. The standard InChI is InChI=1S/C18H23ClN6O.HI/c1-13-3-6-16(24-11-13)25-17(26)8-10-22-18(20-2)21-9-7-14-4-5-15(19)23-12-14;/h3-6,11-12H,7-10H2,1-2H3,(H2,20,21,22)(H,24,25,26);1H. The highest BCUT2D eigenvalue weighted by Crippen LogP contribution is 2.05. The Bertz CT molecular complexity index is 737. The molecule has 2 heterocycles. The van der Waals surface area contributed by atoms with Crippen LogP contribution in [0.4, 0.5) is 5.82 Å². The van der Waals surface area contributed by atoms with E-state index in [-0.39, 0.29) is 29.9 Å². The second kappa shape index (κ2) is 12.4. The van der Waals surface area contributed by atoms with Gasteiger partial charge in [0.2, 0.25) is 5.91 Å². The van der Waals surface area contributed by atoms with Crippen molar-refractivity contribution in [3.63, 3.8) is 0 Å². The smallest absolute Gasteiger partial charge is 0.227 e. The summed E-state index contributed by atoms with van der Waals surface area (Å²) in [5.74, 6) is 1.10. The summed E-state index contributed by atoms with van der Waals surface area (Å²) in [7, 11) is 1.69. The highest BCUT2D eigenvalue weighted by atomic mass is 127. The number of aliphatic imine (C=N–C) groups is 1. The minimum absolute atomic E-state index is 0. The number of hydrogen-bond donors (Lipinski definition) is 3. The Labute approximate surface area is 181 Å². The largest absolute Gasteiger partial charge is 0.356 e. The molecule has 0 radical (unpaired) electrons. The molecule has 0 atom stereocenters. The molecule has 0 spiro atoms. The fourth-order valence-corrected chi connectivity index (χ4v) is 2.25. The molecule has 0 fully saturated rings. The van der Waals surface area contributed by atoms with Gasteiger partial charge in [0.25, 0.3) is 0 Å². The zero-order chi connectivity index (χ0) is 18.8. The molecule has 2 rings (SSSR count). The van der Waals surface area contributed by atoms with Gasteiger partial charge in [0.15, 0.2) is 5.96 Å². The van der Waals surface area contributed by atoms with Crippen LogP contribution in [0.3, 0.4) is 0 Å². The molecule has 0 saturated heterocycles. The number of nitrogens with one attached hydrogen (secondary N) is 3. The summed E-state index contributed by atoms with van der Waals surface area (Å²) in [5.41, 5.74) is 2.14. The summed E-state index contributed by atoms with van der Waals surface area (Å²) in [6.45, 7) is 3.12. The summed E-state index contributed by atoms with van der Waals surface area (Å²) in [5, 5.41) is 9.55. The lowest BCUT2D eigenvalue weighted by Gasteiger charge is -2.12. The summed E-state index contributed by atoms with van der Waals surface area (Å²) >= 11 is 5.77. The molecule has 0 bridgehead atoms. The fourth-order valence-electron chi connectivity index (χ4n) is 2.14. The zero-order valence-corrected chi connectivity index (χ0v) is 18.4. The van der Waals surface area contributed by atoms with Gasteiger partial charge < -0.3 is 16.0 Å². The second-order valence-electron chi connectivity index (χ2n) is 5.68. The Balaban J connectivity index is 0.00000364. The number of rotatable bonds is 7. The van der Waals surface area contributed by atoms with Crippen LogP contribution in [-0.2, 0) is 11.2 Å². The number of hydrogen-bond acceptors (Lipinski definition) is 4. The molecule has 9 heteroatoms. The first kappa shape index (κ1) is 23.1. The molecule has 3 N–H and O–H groups in total. The van der Waals surface area contributed by atoms with E-state index in [1.165, 1.54) is 0 Å². The third-order valence-corrected chi connectivity index (χ3v) is 3.77. The van der Waals surface area contributed by atoms with Crippen LogP contribution in [0.25, 0.3) is 0 Å². The Morgan fingerprint density at radius 3 is 2.52 bits per heavy atom. The van der Waals surface area contributed by atoms with Crippen LogP contribution in [0.1, 0.15) is 17.5 Å². The normalized spacial score (nSPS) is 10.7. The minimum atomic E-state index is -0.100. The first-order valence-electron chi connectivity index (χ1n) is 8.34. The second-order valence-corrected chi connectivity index (χ2v) is 6.07. The van der Waals surface area contributed by atoms with Gasteiger partial charge in [0, 0.05) is 39.0 Å². The topological polar surface area (TPSA) is 91.3 Å². The van der Waals surface area contributed by atoms with Crippen LogP contribution in [0.15, 0.2) is 41.7 Å². The number of guanidine groups is 1. The van der Waals surface area contributed by atoms with E-state index in [2.05, 4.69) is 30.9 Å². The maximum absolute atomic E-state index is 11.9. The quantitative estimate of drug-likeness (QED) is 0.234. The van der Waals surface area contributed by atoms with Crippen LogP contribution in [0.5, 0.6) is 0 Å². The Hall–Kier alpha value is -1.94. The molecule has 0 aliphatic carbocycles. The number of carbonyl (C=O) groups is 1. The zero-order valence-electron chi connectivity index (χ0n) is 15.3. The number of halogens is 2. The van der Waals surface area contributed by atoms with E-state index in [0.29, 0.717) is 36.4 Å². The SMILES string of the molecule is CN=C(NCCC(=O)Nc1ccc(C)cn1)NCCc1ccc(Cl)nc1.I. The van der Waals surface area contributed by atoms with Crippen molar-refractivity contribution in [3.05, 3.63) is 52.9 Å². The van der Waals surface area contributed by atoms with E-state index in [1.54, 1.807) is 31.6 Å². The summed E-state index contributed by atoms with van der Waals surface area (Å²) in [6, 6.07) is 7.40. The highest BCUT2D eigenvalue weighted by Gasteiger charge is 2.04. The van der Waals surface area contributed by atoms with Gasteiger partial charge in [-0.15, -0.1) is 24.0 Å². The predicted molar refractivity (Wildman–Crippen MR) is 120 cm³/mol. The number of nitrogens with zero attached hydrogens (tertiary/aromatic N) is 3. The number of carbonyl (C=O) groups excluding carboxylic acids is 1. The van der Waals surface area contributed by atoms with Gasteiger partial charge in [-0.1, -0.05) is 23.7 Å². The number of aromatic nitrogens is 2. The van der Waals surface area contributed by atoms with Crippen LogP contribution in [0, 0.1) is 6.92 Å². The number of aryl methyl sites for hydroxylation is 1. The molecule has 2 aromatic rings. The third kappa shape index (κ3) is 9.00. The van der Waals surface area contributed by atoms with Crippen molar-refractivity contribution in [1.29, 1.82) is 0 Å². The molecule has 0 aromatic carbocycles. The van der Waals surface area contributed by atoms with Gasteiger partial charge in [-0.25, -0.2) is 9.97 Å². The van der Waals surface area contributed by atoms with Crippen molar-refractivity contribution in [3.8, 4) is 0 Å². The first-order chi connectivity index (χ1) is 12.6. The van der Waals surface area contributed by atoms with E-state index >= 15 is 0 Å². The lowest BCUT2D eigenvalue weighted by molar-refractivity contribution is -0.116. The lowest BCUT2D eigenvalue weighted by atomic mass is 10.2. The van der Waals surface area contributed by atoms with Crippen molar-refractivity contribution >= 4 is 53.3 Å². The fraction of sp³-hybridized carbons (Fsp3) is 0.333. The van der Waals surface area contributed by atoms with Gasteiger partial charge >= 0.3 is 0 Å². The van der Waals surface area contributed by atoms with Crippen molar-refractivity contribution in [2.24, 2.45) is 4.99 Å². The molecule has 0 unspecified atom stereocenters. The van der Waals surface area contributed by atoms with E-state index in [4.69, 9.17) is 11.6 Å². The Morgan fingerprint density at radius 1 is 1.11 bits per heavy atom. The Morgan fingerprint density at radius 2 is 1.89 bits per heavy atom. The summed E-state index contributed by atoms with van der Waals surface area (Å²) in [6.07, 6.45) is 4.58. The predicted octanol–water partition coefficient (Wildman–Crippen LogP) is 2.79. The lowest BCUT2D eigenvalue weighted by Crippen LogP contribution is -2.39. The number of pyridine rings is 2.